The molecule has 18 heavy (non-hydrogen) atoms. The van der Waals surface area contributed by atoms with Gasteiger partial charge in [0.1, 0.15) is 5.75 Å². The average Bonchev–Trinajstić information content (AvgIpc) is 2.42. The molecule has 1 heterocycles. The Kier molecular flexibility index (Phi) is 3.67. The van der Waals surface area contributed by atoms with Gasteiger partial charge in [-0.3, -0.25) is 4.98 Å². The van der Waals surface area contributed by atoms with Gasteiger partial charge in [0.2, 0.25) is 0 Å². The molecule has 4 nitrogen and oxygen atoms in total. The largest absolute Gasteiger partial charge is 0.495 e. The van der Waals surface area contributed by atoms with Crippen LogP contribution in [0.25, 0.3) is 0 Å². The molecule has 1 aromatic heterocycles. The first-order chi connectivity index (χ1) is 8.70. The Balaban J connectivity index is 2.14. The van der Waals surface area contributed by atoms with Crippen molar-refractivity contribution in [3.63, 3.8) is 0 Å². The van der Waals surface area contributed by atoms with Crippen molar-refractivity contribution in [1.29, 1.82) is 0 Å². The zero-order valence-electron chi connectivity index (χ0n) is 10.6. The van der Waals surface area contributed by atoms with Crippen LogP contribution in [0.4, 0.5) is 11.4 Å². The molecule has 1 aromatic carbocycles. The summed E-state index contributed by atoms with van der Waals surface area (Å²) in [7, 11) is 1.61. The second-order valence-corrected chi connectivity index (χ2v) is 4.08. The molecule has 0 saturated carbocycles. The number of methoxy groups -OCH3 is 1. The van der Waals surface area contributed by atoms with E-state index in [-0.39, 0.29) is 6.04 Å². The normalized spacial score (nSPS) is 11.9. The van der Waals surface area contributed by atoms with Gasteiger partial charge in [0.05, 0.1) is 24.5 Å². The van der Waals surface area contributed by atoms with E-state index in [0.717, 1.165) is 11.4 Å². The van der Waals surface area contributed by atoms with Gasteiger partial charge in [0.25, 0.3) is 0 Å². The monoisotopic (exact) mass is 243 g/mol. The van der Waals surface area contributed by atoms with E-state index in [1.165, 1.54) is 0 Å². The molecule has 0 aliphatic carbocycles. The van der Waals surface area contributed by atoms with E-state index in [4.69, 9.17) is 10.5 Å². The number of ether oxygens (including phenoxy) is 1. The quantitative estimate of drug-likeness (QED) is 0.811. The molecule has 0 radical (unpaired) electrons. The summed E-state index contributed by atoms with van der Waals surface area (Å²) >= 11 is 0. The van der Waals surface area contributed by atoms with Gasteiger partial charge >= 0.3 is 0 Å². The Labute approximate surface area is 107 Å². The second-order valence-electron chi connectivity index (χ2n) is 4.08. The SMILES string of the molecule is COc1cc(NC(C)c2ccccn2)ccc1N. The van der Waals surface area contributed by atoms with Crippen molar-refractivity contribution in [1.82, 2.24) is 4.98 Å². The topological polar surface area (TPSA) is 60.2 Å². The summed E-state index contributed by atoms with van der Waals surface area (Å²) in [6.07, 6.45) is 1.79. The summed E-state index contributed by atoms with van der Waals surface area (Å²) in [6, 6.07) is 11.6. The Morgan fingerprint density at radius 3 is 2.78 bits per heavy atom. The van der Waals surface area contributed by atoms with E-state index in [0.29, 0.717) is 11.4 Å². The highest BCUT2D eigenvalue weighted by Gasteiger charge is 2.07. The molecule has 0 saturated heterocycles. The van der Waals surface area contributed by atoms with Crippen LogP contribution < -0.4 is 15.8 Å². The van der Waals surface area contributed by atoms with Gasteiger partial charge in [-0.1, -0.05) is 6.07 Å². The molecule has 2 rings (SSSR count). The van der Waals surface area contributed by atoms with Gasteiger partial charge in [-0.2, -0.15) is 0 Å². The van der Waals surface area contributed by atoms with Crippen LogP contribution in [0.5, 0.6) is 5.75 Å². The molecular formula is C14H17N3O. The maximum atomic E-state index is 5.78. The molecule has 94 valence electrons. The van der Waals surface area contributed by atoms with Crippen LogP contribution in [0.2, 0.25) is 0 Å². The Hall–Kier alpha value is -2.23. The maximum Gasteiger partial charge on any atom is 0.143 e. The number of hydrogen-bond donors (Lipinski definition) is 2. The second kappa shape index (κ2) is 5.40. The summed E-state index contributed by atoms with van der Waals surface area (Å²) in [4.78, 5) is 4.32. The van der Waals surface area contributed by atoms with E-state index < -0.39 is 0 Å². The van der Waals surface area contributed by atoms with Crippen LogP contribution in [0.15, 0.2) is 42.6 Å². The number of rotatable bonds is 4. The first-order valence-electron chi connectivity index (χ1n) is 5.81. The molecule has 0 aliphatic heterocycles. The van der Waals surface area contributed by atoms with Gasteiger partial charge in [0.15, 0.2) is 0 Å². The fourth-order valence-corrected chi connectivity index (χ4v) is 1.76. The number of anilines is 2. The van der Waals surface area contributed by atoms with Gasteiger partial charge in [-0.25, -0.2) is 0 Å². The van der Waals surface area contributed by atoms with Crippen molar-refractivity contribution in [2.24, 2.45) is 0 Å². The minimum atomic E-state index is 0.125. The Bertz CT molecular complexity index is 514. The summed E-state index contributed by atoms with van der Waals surface area (Å²) in [5.41, 5.74) is 8.36. The third kappa shape index (κ3) is 2.71. The first kappa shape index (κ1) is 12.2. The fraction of sp³-hybridized carbons (Fsp3) is 0.214. The molecule has 0 bridgehead atoms. The van der Waals surface area contributed by atoms with Gasteiger partial charge < -0.3 is 15.8 Å². The molecule has 0 spiro atoms. The zero-order chi connectivity index (χ0) is 13.0. The van der Waals surface area contributed by atoms with Crippen molar-refractivity contribution in [3.8, 4) is 5.75 Å². The van der Waals surface area contributed by atoms with Crippen LogP contribution in [0.1, 0.15) is 18.7 Å². The molecule has 4 heteroatoms. The number of aromatic nitrogens is 1. The predicted molar refractivity (Wildman–Crippen MR) is 73.7 cm³/mol. The van der Waals surface area contributed by atoms with E-state index >= 15 is 0 Å². The van der Waals surface area contributed by atoms with E-state index in [9.17, 15) is 0 Å². The number of nitrogens with one attached hydrogen (secondary N) is 1. The molecule has 0 aliphatic rings. The number of benzene rings is 1. The Morgan fingerprint density at radius 2 is 2.11 bits per heavy atom. The third-order valence-corrected chi connectivity index (χ3v) is 2.75. The lowest BCUT2D eigenvalue weighted by atomic mass is 10.2. The van der Waals surface area contributed by atoms with Gasteiger partial charge in [-0.15, -0.1) is 0 Å². The minimum Gasteiger partial charge on any atom is -0.495 e. The minimum absolute atomic E-state index is 0.125. The molecule has 0 fully saturated rings. The molecule has 0 amide bonds. The van der Waals surface area contributed by atoms with Crippen molar-refractivity contribution >= 4 is 11.4 Å². The smallest absolute Gasteiger partial charge is 0.143 e. The van der Waals surface area contributed by atoms with E-state index in [1.807, 2.05) is 36.4 Å². The predicted octanol–water partition coefficient (Wildman–Crippen LogP) is 2.85. The summed E-state index contributed by atoms with van der Waals surface area (Å²) in [5, 5.41) is 3.36. The lowest BCUT2D eigenvalue weighted by Gasteiger charge is -2.15. The number of pyridine rings is 1. The van der Waals surface area contributed by atoms with Gasteiger partial charge in [-0.05, 0) is 31.2 Å². The highest BCUT2D eigenvalue weighted by Crippen LogP contribution is 2.27. The zero-order valence-corrected chi connectivity index (χ0v) is 10.6. The molecule has 1 unspecified atom stereocenters. The Morgan fingerprint density at radius 1 is 1.28 bits per heavy atom. The first-order valence-corrected chi connectivity index (χ1v) is 5.81. The van der Waals surface area contributed by atoms with E-state index in [1.54, 1.807) is 13.3 Å². The van der Waals surface area contributed by atoms with Crippen molar-refractivity contribution < 1.29 is 4.74 Å². The molecule has 2 aromatic rings. The molecular weight excluding hydrogens is 226 g/mol. The number of nitrogens with two attached hydrogens (primary N) is 1. The van der Waals surface area contributed by atoms with E-state index in [2.05, 4.69) is 17.2 Å². The van der Waals surface area contributed by atoms with Crippen LogP contribution >= 0.6 is 0 Å². The number of nitrogen functional groups attached to an aromatic ring is 1. The molecule has 1 atom stereocenters. The summed E-state index contributed by atoms with van der Waals surface area (Å²) in [5.74, 6) is 0.674. The average molecular weight is 243 g/mol. The van der Waals surface area contributed by atoms with Crippen LogP contribution in [-0.2, 0) is 0 Å². The molecule has 3 N–H and O–H groups in total. The lowest BCUT2D eigenvalue weighted by molar-refractivity contribution is 0.417. The standard InChI is InChI=1S/C14H17N3O/c1-10(13-5-3-4-8-16-13)17-11-6-7-12(15)14(9-11)18-2/h3-10,17H,15H2,1-2H3. The van der Waals surface area contributed by atoms with Crippen molar-refractivity contribution in [2.75, 3.05) is 18.2 Å². The van der Waals surface area contributed by atoms with Crippen LogP contribution in [0.3, 0.4) is 0 Å². The highest BCUT2D eigenvalue weighted by atomic mass is 16.5. The fourth-order valence-electron chi connectivity index (χ4n) is 1.76. The number of hydrogen-bond acceptors (Lipinski definition) is 4. The van der Waals surface area contributed by atoms with Crippen molar-refractivity contribution in [3.05, 3.63) is 48.3 Å². The third-order valence-electron chi connectivity index (χ3n) is 2.75. The van der Waals surface area contributed by atoms with Crippen LogP contribution in [0, 0.1) is 0 Å². The van der Waals surface area contributed by atoms with Gasteiger partial charge in [0, 0.05) is 18.0 Å². The number of nitrogens with zero attached hydrogens (tertiary/aromatic N) is 1. The summed E-state index contributed by atoms with van der Waals surface area (Å²) in [6.45, 7) is 2.06. The summed E-state index contributed by atoms with van der Waals surface area (Å²) < 4.78 is 5.19. The lowest BCUT2D eigenvalue weighted by Crippen LogP contribution is -2.08. The maximum absolute atomic E-state index is 5.78. The van der Waals surface area contributed by atoms with Crippen molar-refractivity contribution in [2.45, 2.75) is 13.0 Å². The van der Waals surface area contributed by atoms with Crippen LogP contribution in [-0.4, -0.2) is 12.1 Å². The highest BCUT2D eigenvalue weighted by molar-refractivity contribution is 5.61.